The maximum Gasteiger partial charge on any atom is 0.118 e. The van der Waals surface area contributed by atoms with Crippen molar-refractivity contribution in [1.29, 1.82) is 0 Å². The van der Waals surface area contributed by atoms with Crippen LogP contribution in [0.2, 0.25) is 0 Å². The lowest BCUT2D eigenvalue weighted by molar-refractivity contribution is 0.311. The number of nitrogens with zero attached hydrogens (tertiary/aromatic N) is 3. The van der Waals surface area contributed by atoms with Crippen LogP contribution in [0.5, 0.6) is 5.75 Å². The first-order valence-electron chi connectivity index (χ1n) is 8.31. The van der Waals surface area contributed by atoms with Gasteiger partial charge in [0, 0.05) is 6.54 Å². The predicted molar refractivity (Wildman–Crippen MR) is 101 cm³/mol. The molecule has 5 nitrogen and oxygen atoms in total. The number of hydrogen-bond acceptors (Lipinski definition) is 4. The topological polar surface area (TPSA) is 42.3 Å². The van der Waals surface area contributed by atoms with Gasteiger partial charge in [-0.05, 0) is 43.9 Å². The number of para-hydroxylation sites is 1. The van der Waals surface area contributed by atoms with Gasteiger partial charge in [0.1, 0.15) is 5.75 Å². The molecule has 1 aromatic heterocycles. The van der Waals surface area contributed by atoms with Crippen molar-refractivity contribution in [2.75, 3.05) is 33.1 Å². The van der Waals surface area contributed by atoms with Crippen LogP contribution in [0.15, 0.2) is 67.0 Å². The Morgan fingerprint density at radius 2 is 1.80 bits per heavy atom. The molecule has 0 aliphatic carbocycles. The number of hydrogen-bond donors (Lipinski definition) is 1. The Balaban J connectivity index is 1.68. The van der Waals surface area contributed by atoms with Crippen LogP contribution in [0.25, 0.3) is 5.69 Å². The van der Waals surface area contributed by atoms with Gasteiger partial charge < -0.3 is 15.0 Å². The second-order valence-electron chi connectivity index (χ2n) is 6.14. The smallest absolute Gasteiger partial charge is 0.118 e. The molecule has 25 heavy (non-hydrogen) atoms. The van der Waals surface area contributed by atoms with E-state index < -0.39 is 0 Å². The normalized spacial score (nSPS) is 12.2. The van der Waals surface area contributed by atoms with Crippen LogP contribution in [0.1, 0.15) is 11.6 Å². The van der Waals surface area contributed by atoms with E-state index in [1.807, 2.05) is 59.5 Å². The molecule has 0 saturated heterocycles. The first kappa shape index (κ1) is 17.0. The summed E-state index contributed by atoms with van der Waals surface area (Å²) in [4.78, 5) is 2.20. The second kappa shape index (κ2) is 7.85. The van der Waals surface area contributed by atoms with Crippen LogP contribution in [0.3, 0.4) is 0 Å². The average Bonchev–Trinajstić information content (AvgIpc) is 3.12. The molecule has 0 bridgehead atoms. The van der Waals surface area contributed by atoms with E-state index in [0.29, 0.717) is 0 Å². The van der Waals surface area contributed by atoms with E-state index in [9.17, 15) is 0 Å². The number of ether oxygens (including phenoxy) is 1. The molecule has 0 fully saturated rings. The zero-order valence-electron chi connectivity index (χ0n) is 14.9. The molecule has 1 heterocycles. The molecule has 0 spiro atoms. The molecule has 1 unspecified atom stereocenters. The van der Waals surface area contributed by atoms with Crippen molar-refractivity contribution in [1.82, 2.24) is 14.7 Å². The van der Waals surface area contributed by atoms with Crippen LogP contribution in [-0.2, 0) is 0 Å². The minimum atomic E-state index is 0.256. The van der Waals surface area contributed by atoms with Gasteiger partial charge in [-0.15, -0.1) is 0 Å². The number of anilines is 1. The number of aromatic nitrogens is 2. The highest BCUT2D eigenvalue weighted by molar-refractivity contribution is 5.43. The predicted octanol–water partition coefficient (Wildman–Crippen LogP) is 3.60. The molecule has 0 radical (unpaired) electrons. The van der Waals surface area contributed by atoms with E-state index in [1.165, 1.54) is 5.56 Å². The summed E-state index contributed by atoms with van der Waals surface area (Å²) in [5, 5.41) is 7.92. The van der Waals surface area contributed by atoms with Crippen molar-refractivity contribution < 1.29 is 4.74 Å². The SMILES string of the molecule is COc1ccc(C(CNc2cnn(-c3ccccc3)c2)N(C)C)cc1. The Morgan fingerprint density at radius 1 is 1.08 bits per heavy atom. The Bertz CT molecular complexity index is 781. The third-order valence-corrected chi connectivity index (χ3v) is 4.23. The molecule has 130 valence electrons. The quantitative estimate of drug-likeness (QED) is 0.716. The van der Waals surface area contributed by atoms with Crippen LogP contribution in [-0.4, -0.2) is 42.4 Å². The molecule has 3 rings (SSSR count). The van der Waals surface area contributed by atoms with E-state index in [1.54, 1.807) is 7.11 Å². The maximum atomic E-state index is 5.24. The molecular weight excluding hydrogens is 312 g/mol. The van der Waals surface area contributed by atoms with Crippen LogP contribution in [0, 0.1) is 0 Å². The van der Waals surface area contributed by atoms with Gasteiger partial charge in [-0.2, -0.15) is 5.10 Å². The van der Waals surface area contributed by atoms with Gasteiger partial charge in [-0.25, -0.2) is 4.68 Å². The van der Waals surface area contributed by atoms with Gasteiger partial charge >= 0.3 is 0 Å². The van der Waals surface area contributed by atoms with E-state index in [2.05, 4.69) is 41.5 Å². The highest BCUT2D eigenvalue weighted by atomic mass is 16.5. The first-order chi connectivity index (χ1) is 12.2. The summed E-state index contributed by atoms with van der Waals surface area (Å²) in [6.45, 7) is 0.791. The molecule has 1 atom stereocenters. The van der Waals surface area contributed by atoms with Gasteiger partial charge in [0.2, 0.25) is 0 Å². The van der Waals surface area contributed by atoms with E-state index in [0.717, 1.165) is 23.7 Å². The fourth-order valence-electron chi connectivity index (χ4n) is 2.78. The highest BCUT2D eigenvalue weighted by Gasteiger charge is 2.14. The molecule has 0 saturated carbocycles. The van der Waals surface area contributed by atoms with E-state index in [4.69, 9.17) is 4.74 Å². The van der Waals surface area contributed by atoms with Gasteiger partial charge in [0.05, 0.1) is 36.9 Å². The zero-order valence-corrected chi connectivity index (χ0v) is 14.9. The summed E-state index contributed by atoms with van der Waals surface area (Å²) < 4.78 is 7.12. The van der Waals surface area contributed by atoms with Crippen LogP contribution in [0.4, 0.5) is 5.69 Å². The van der Waals surface area contributed by atoms with Crippen LogP contribution < -0.4 is 10.1 Å². The van der Waals surface area contributed by atoms with Gasteiger partial charge in [0.15, 0.2) is 0 Å². The summed E-state index contributed by atoms with van der Waals surface area (Å²) >= 11 is 0. The highest BCUT2D eigenvalue weighted by Crippen LogP contribution is 2.22. The Kier molecular flexibility index (Phi) is 5.36. The Hall–Kier alpha value is -2.79. The van der Waals surface area contributed by atoms with Gasteiger partial charge in [-0.1, -0.05) is 30.3 Å². The summed E-state index contributed by atoms with van der Waals surface area (Å²) in [6, 6.07) is 18.6. The summed E-state index contributed by atoms with van der Waals surface area (Å²) in [5.74, 6) is 0.873. The van der Waals surface area contributed by atoms with Crippen molar-refractivity contribution >= 4 is 5.69 Å². The molecule has 0 aliphatic heterocycles. The Morgan fingerprint density at radius 3 is 2.44 bits per heavy atom. The summed E-state index contributed by atoms with van der Waals surface area (Å²) in [5.41, 5.74) is 3.30. The lowest BCUT2D eigenvalue weighted by atomic mass is 10.1. The minimum Gasteiger partial charge on any atom is -0.497 e. The first-order valence-corrected chi connectivity index (χ1v) is 8.31. The molecule has 5 heteroatoms. The molecule has 1 N–H and O–H groups in total. The van der Waals surface area contributed by atoms with Gasteiger partial charge in [-0.3, -0.25) is 0 Å². The number of methoxy groups -OCH3 is 1. The fourth-order valence-corrected chi connectivity index (χ4v) is 2.78. The lowest BCUT2D eigenvalue weighted by Gasteiger charge is -2.25. The number of likely N-dealkylation sites (N-methyl/N-ethyl adjacent to an activating group) is 1. The zero-order chi connectivity index (χ0) is 17.6. The summed E-state index contributed by atoms with van der Waals surface area (Å²) in [7, 11) is 5.86. The largest absolute Gasteiger partial charge is 0.497 e. The van der Waals surface area contributed by atoms with Crippen molar-refractivity contribution in [2.24, 2.45) is 0 Å². The van der Waals surface area contributed by atoms with Crippen molar-refractivity contribution in [3.8, 4) is 11.4 Å². The van der Waals surface area contributed by atoms with Crippen molar-refractivity contribution in [2.45, 2.75) is 6.04 Å². The monoisotopic (exact) mass is 336 g/mol. The molecule has 0 aliphatic rings. The number of benzene rings is 2. The number of nitrogens with one attached hydrogen (secondary N) is 1. The third-order valence-electron chi connectivity index (χ3n) is 4.23. The van der Waals surface area contributed by atoms with E-state index in [-0.39, 0.29) is 6.04 Å². The van der Waals surface area contributed by atoms with Crippen LogP contribution >= 0.6 is 0 Å². The summed E-state index contributed by atoms with van der Waals surface area (Å²) in [6.07, 6.45) is 3.86. The maximum absolute atomic E-state index is 5.24. The second-order valence-corrected chi connectivity index (χ2v) is 6.14. The van der Waals surface area contributed by atoms with Crippen molar-refractivity contribution in [3.05, 3.63) is 72.6 Å². The molecule has 2 aromatic carbocycles. The third kappa shape index (κ3) is 4.19. The average molecular weight is 336 g/mol. The van der Waals surface area contributed by atoms with Gasteiger partial charge in [0.25, 0.3) is 0 Å². The standard InChI is InChI=1S/C20H24N4O/c1-23(2)20(16-9-11-19(25-3)12-10-16)14-21-17-13-22-24(15-17)18-7-5-4-6-8-18/h4-13,15,20-21H,14H2,1-3H3. The Labute approximate surface area is 148 Å². The molecule has 3 aromatic rings. The van der Waals surface area contributed by atoms with E-state index >= 15 is 0 Å². The fraction of sp³-hybridized carbons (Fsp3) is 0.250. The minimum absolute atomic E-state index is 0.256. The van der Waals surface area contributed by atoms with Crippen molar-refractivity contribution in [3.63, 3.8) is 0 Å². The molecule has 0 amide bonds. The number of rotatable bonds is 7. The lowest BCUT2D eigenvalue weighted by Crippen LogP contribution is -2.26. The molecular formula is C20H24N4O.